The number of alkyl halides is 3. The molecule has 3 aromatic carbocycles. The molecule has 0 aromatic heterocycles. The van der Waals surface area contributed by atoms with E-state index in [-0.39, 0.29) is 11.6 Å². The molecule has 11 heteroatoms. The SMILES string of the molecule is CC(C)=Cc1ccccc1N1CCCS/C1=N\N=C\c1ccc(C(N)=NC=Nc2ccc(OC(F)(F)F)cc2)cc1. The fourth-order valence-corrected chi connectivity index (χ4v) is 4.79. The summed E-state index contributed by atoms with van der Waals surface area (Å²) >= 11 is 1.69. The summed E-state index contributed by atoms with van der Waals surface area (Å²) in [6.07, 6.45) is 1.42. The van der Waals surface area contributed by atoms with Crippen molar-refractivity contribution in [1.29, 1.82) is 0 Å². The number of hydrogen-bond acceptors (Lipinski definition) is 5. The van der Waals surface area contributed by atoms with Gasteiger partial charge in [0.1, 0.15) is 17.9 Å². The molecule has 0 amide bonds. The van der Waals surface area contributed by atoms with E-state index >= 15 is 0 Å². The fraction of sp³-hybridized carbons (Fsp3) is 0.200. The first-order chi connectivity index (χ1) is 19.7. The molecule has 0 radical (unpaired) electrons. The number of amidine groups is 2. The van der Waals surface area contributed by atoms with Gasteiger partial charge in [-0.05, 0) is 61.7 Å². The Hall–Kier alpha value is -4.38. The summed E-state index contributed by atoms with van der Waals surface area (Å²) in [6, 6.07) is 20.7. The molecule has 0 spiro atoms. The maximum absolute atomic E-state index is 12.3. The predicted molar refractivity (Wildman–Crippen MR) is 164 cm³/mol. The van der Waals surface area contributed by atoms with Crippen LogP contribution in [0.4, 0.5) is 24.5 Å². The molecule has 0 aliphatic carbocycles. The molecule has 1 aliphatic rings. The topological polar surface area (TPSA) is 87.9 Å². The van der Waals surface area contributed by atoms with Crippen molar-refractivity contribution in [1.82, 2.24) is 0 Å². The molecule has 1 fully saturated rings. The van der Waals surface area contributed by atoms with Gasteiger partial charge < -0.3 is 15.4 Å². The lowest BCUT2D eigenvalue weighted by molar-refractivity contribution is -0.274. The first kappa shape index (κ1) is 29.6. The van der Waals surface area contributed by atoms with Crippen LogP contribution in [0.15, 0.2) is 98.6 Å². The lowest BCUT2D eigenvalue weighted by Crippen LogP contribution is -2.34. The Morgan fingerprint density at radius 2 is 1.73 bits per heavy atom. The van der Waals surface area contributed by atoms with Crippen LogP contribution in [0.2, 0.25) is 0 Å². The summed E-state index contributed by atoms with van der Waals surface area (Å²) in [5, 5.41) is 9.74. The van der Waals surface area contributed by atoms with Gasteiger partial charge in [0.15, 0.2) is 5.17 Å². The minimum atomic E-state index is -4.74. The van der Waals surface area contributed by atoms with Crippen molar-refractivity contribution < 1.29 is 17.9 Å². The number of halogens is 3. The molecule has 1 aliphatic heterocycles. The molecule has 4 rings (SSSR count). The van der Waals surface area contributed by atoms with E-state index in [0.29, 0.717) is 11.3 Å². The molecule has 0 unspecified atom stereocenters. The third-order valence-corrected chi connectivity index (χ3v) is 6.74. The molecule has 1 saturated heterocycles. The van der Waals surface area contributed by atoms with E-state index in [0.717, 1.165) is 40.7 Å². The number of ether oxygens (including phenoxy) is 1. The zero-order chi connectivity index (χ0) is 29.2. The average molecular weight is 579 g/mol. The quantitative estimate of drug-likeness (QED) is 0.171. The Labute approximate surface area is 241 Å². The van der Waals surface area contributed by atoms with Gasteiger partial charge in [0.2, 0.25) is 0 Å². The van der Waals surface area contributed by atoms with E-state index in [9.17, 15) is 13.2 Å². The van der Waals surface area contributed by atoms with Crippen molar-refractivity contribution in [2.75, 3.05) is 17.2 Å². The summed E-state index contributed by atoms with van der Waals surface area (Å²) in [5.41, 5.74) is 11.5. The first-order valence-electron chi connectivity index (χ1n) is 12.8. The average Bonchev–Trinajstić information content (AvgIpc) is 2.94. The van der Waals surface area contributed by atoms with Crippen molar-refractivity contribution in [2.45, 2.75) is 26.6 Å². The molecule has 212 valence electrons. The predicted octanol–water partition coefficient (Wildman–Crippen LogP) is 7.41. The van der Waals surface area contributed by atoms with Crippen LogP contribution in [0.5, 0.6) is 5.75 Å². The Balaban J connectivity index is 1.40. The van der Waals surface area contributed by atoms with E-state index < -0.39 is 6.36 Å². The van der Waals surface area contributed by atoms with Gasteiger partial charge in [-0.3, -0.25) is 0 Å². The molecule has 2 N–H and O–H groups in total. The summed E-state index contributed by atoms with van der Waals surface area (Å²) in [6.45, 7) is 5.05. The summed E-state index contributed by atoms with van der Waals surface area (Å²) < 4.78 is 40.7. The number of aliphatic imine (C=N–C) groups is 2. The normalized spacial score (nSPS) is 15.6. The van der Waals surface area contributed by atoms with Crippen LogP contribution in [-0.4, -0.2) is 42.2 Å². The zero-order valence-corrected chi connectivity index (χ0v) is 23.4. The van der Waals surface area contributed by atoms with Crippen LogP contribution in [0.25, 0.3) is 6.08 Å². The third-order valence-electron chi connectivity index (χ3n) is 5.69. The maximum Gasteiger partial charge on any atom is 0.573 e. The Morgan fingerprint density at radius 1 is 1.00 bits per heavy atom. The van der Waals surface area contributed by atoms with Crippen LogP contribution in [0, 0.1) is 0 Å². The molecule has 0 saturated carbocycles. The smallest absolute Gasteiger partial charge is 0.406 e. The van der Waals surface area contributed by atoms with Crippen molar-refractivity contribution in [3.05, 3.63) is 95.1 Å². The fourth-order valence-electron chi connectivity index (χ4n) is 3.88. The van der Waals surface area contributed by atoms with E-state index in [2.05, 4.69) is 61.9 Å². The van der Waals surface area contributed by atoms with Crippen molar-refractivity contribution >= 4 is 52.8 Å². The molecule has 0 atom stereocenters. The molecular weight excluding hydrogens is 549 g/mol. The molecule has 0 bridgehead atoms. The number of nitrogens with zero attached hydrogens (tertiary/aromatic N) is 5. The van der Waals surface area contributed by atoms with Gasteiger partial charge in [0, 0.05) is 17.9 Å². The molecule has 7 nitrogen and oxygen atoms in total. The third kappa shape index (κ3) is 9.07. The summed E-state index contributed by atoms with van der Waals surface area (Å²) in [4.78, 5) is 10.4. The highest BCUT2D eigenvalue weighted by atomic mass is 32.2. The number of thioether (sulfide) groups is 1. The monoisotopic (exact) mass is 578 g/mol. The van der Waals surface area contributed by atoms with Crippen LogP contribution in [-0.2, 0) is 0 Å². The lowest BCUT2D eigenvalue weighted by atomic mass is 10.1. The van der Waals surface area contributed by atoms with Gasteiger partial charge in [0.25, 0.3) is 0 Å². The minimum absolute atomic E-state index is 0.235. The van der Waals surface area contributed by atoms with Gasteiger partial charge in [0.05, 0.1) is 17.6 Å². The molecule has 3 aromatic rings. The Bertz CT molecular complexity index is 1480. The number of para-hydroxylation sites is 1. The van der Waals surface area contributed by atoms with E-state index in [1.165, 1.54) is 36.2 Å². The number of allylic oxidation sites excluding steroid dienone is 1. The maximum atomic E-state index is 12.3. The van der Waals surface area contributed by atoms with Gasteiger partial charge in [-0.15, -0.1) is 18.3 Å². The van der Waals surface area contributed by atoms with Gasteiger partial charge in [-0.1, -0.05) is 65.9 Å². The second-order valence-electron chi connectivity index (χ2n) is 9.18. The molecule has 1 heterocycles. The van der Waals surface area contributed by atoms with Crippen molar-refractivity contribution in [3.63, 3.8) is 0 Å². The van der Waals surface area contributed by atoms with Gasteiger partial charge in [-0.2, -0.15) is 5.10 Å². The highest BCUT2D eigenvalue weighted by Gasteiger charge is 2.30. The lowest BCUT2D eigenvalue weighted by Gasteiger charge is -2.30. The summed E-state index contributed by atoms with van der Waals surface area (Å²) in [7, 11) is 0. The van der Waals surface area contributed by atoms with Gasteiger partial charge in [-0.25, -0.2) is 9.98 Å². The number of anilines is 1. The van der Waals surface area contributed by atoms with Crippen molar-refractivity contribution in [2.24, 2.45) is 25.9 Å². The molecular formula is C30H29F3N6OS. The second-order valence-corrected chi connectivity index (χ2v) is 10.2. The zero-order valence-electron chi connectivity index (χ0n) is 22.5. The van der Waals surface area contributed by atoms with Gasteiger partial charge >= 0.3 is 6.36 Å². The number of rotatable bonds is 8. The first-order valence-corrected chi connectivity index (χ1v) is 13.7. The number of hydrogen-bond donors (Lipinski definition) is 1. The second kappa shape index (κ2) is 13.8. The highest BCUT2D eigenvalue weighted by Crippen LogP contribution is 2.29. The highest BCUT2D eigenvalue weighted by molar-refractivity contribution is 8.14. The Morgan fingerprint density at radius 3 is 2.44 bits per heavy atom. The van der Waals surface area contributed by atoms with E-state index in [4.69, 9.17) is 5.73 Å². The van der Waals surface area contributed by atoms with Crippen molar-refractivity contribution in [3.8, 4) is 5.75 Å². The van der Waals surface area contributed by atoms with Crippen LogP contribution < -0.4 is 15.4 Å². The minimum Gasteiger partial charge on any atom is -0.406 e. The van der Waals surface area contributed by atoms with Crippen LogP contribution in [0.1, 0.15) is 37.0 Å². The standard InChI is InChI=1S/C30H29F3N6OS/c1-21(2)18-24-6-3-4-7-27(24)39-16-5-17-41-29(39)38-37-19-22-8-10-23(11-9-22)28(34)36-20-35-25-12-14-26(15-13-25)40-30(31,32)33/h3-4,6-15,18-20H,5,16-17H2,1-2H3,(H2,34,35,36)/b37-19+,38-29-. The van der Waals surface area contributed by atoms with E-state index in [1.807, 2.05) is 36.4 Å². The van der Waals surface area contributed by atoms with E-state index in [1.54, 1.807) is 18.0 Å². The number of benzene rings is 3. The number of nitrogens with two attached hydrogens (primary N) is 1. The van der Waals surface area contributed by atoms with Crippen LogP contribution in [0.3, 0.4) is 0 Å². The molecule has 41 heavy (non-hydrogen) atoms. The largest absolute Gasteiger partial charge is 0.573 e. The summed E-state index contributed by atoms with van der Waals surface area (Å²) in [5.74, 6) is 0.900. The van der Waals surface area contributed by atoms with Crippen LogP contribution >= 0.6 is 11.8 Å². The Kier molecular flexibility index (Phi) is 9.96.